The molecule has 0 aliphatic carbocycles. The number of para-hydroxylation sites is 1. The zero-order valence-corrected chi connectivity index (χ0v) is 20.1. The minimum absolute atomic E-state index is 0. The summed E-state index contributed by atoms with van der Waals surface area (Å²) in [5.41, 5.74) is 2.18. The maximum absolute atomic E-state index is 10.1. The molecule has 1 aliphatic heterocycles. The third-order valence-corrected chi connectivity index (χ3v) is 5.11. The third-order valence-electron chi connectivity index (χ3n) is 5.11. The number of nitrogens with one attached hydrogen (secondary N) is 2. The Morgan fingerprint density at radius 2 is 1.83 bits per heavy atom. The van der Waals surface area contributed by atoms with Crippen molar-refractivity contribution in [2.75, 3.05) is 39.3 Å². The summed E-state index contributed by atoms with van der Waals surface area (Å²) in [5.74, 6) is 1.52. The van der Waals surface area contributed by atoms with Crippen LogP contribution >= 0.6 is 24.0 Å². The normalized spacial score (nSPS) is 16.4. The van der Waals surface area contributed by atoms with Crippen LogP contribution in [0.5, 0.6) is 17.2 Å². The number of hydrogen-bond donors (Lipinski definition) is 3. The van der Waals surface area contributed by atoms with Crippen LogP contribution in [0.3, 0.4) is 0 Å². The van der Waals surface area contributed by atoms with Gasteiger partial charge in [0.2, 0.25) is 5.75 Å². The first kappa shape index (κ1) is 23.9. The second-order valence-corrected chi connectivity index (χ2v) is 7.04. The van der Waals surface area contributed by atoms with E-state index in [1.165, 1.54) is 19.9 Å². The van der Waals surface area contributed by atoms with E-state index in [4.69, 9.17) is 9.47 Å². The molecular weight excluding hydrogens is 495 g/mol. The van der Waals surface area contributed by atoms with Crippen molar-refractivity contribution in [2.45, 2.75) is 25.4 Å². The molecule has 164 valence electrons. The number of aliphatic imine (C=N–C) groups is 1. The van der Waals surface area contributed by atoms with Crippen LogP contribution in [-0.2, 0) is 6.54 Å². The van der Waals surface area contributed by atoms with Gasteiger partial charge < -0.3 is 30.1 Å². The molecule has 2 aromatic carbocycles. The topological polar surface area (TPSA) is 78.4 Å². The second kappa shape index (κ2) is 11.7. The number of phenols is 1. The third kappa shape index (κ3) is 6.07. The fraction of sp³-hybridized carbons (Fsp3) is 0.409. The Hall–Kier alpha value is -2.36. The van der Waals surface area contributed by atoms with E-state index in [-0.39, 0.29) is 29.7 Å². The predicted molar refractivity (Wildman–Crippen MR) is 132 cm³/mol. The number of hydrogen-bond acceptors (Lipinski definition) is 5. The number of phenolic OH excluding ortho intramolecular Hbond substituents is 1. The van der Waals surface area contributed by atoms with E-state index in [1.54, 1.807) is 19.2 Å². The number of aromatic hydroxyl groups is 1. The molecule has 2 aromatic rings. The number of halogens is 1. The van der Waals surface area contributed by atoms with E-state index >= 15 is 0 Å². The standard InChI is InChI=1S/C22H30N4O3.HI/c1-23-22(24-14-16-12-19(28-2)21(27)20(13-16)29-3)25-17-8-7-11-26(15-17)18-9-5-4-6-10-18;/h4-6,9-10,12-13,17,27H,7-8,11,14-15H2,1-3H3,(H2,23,24,25);1H. The highest BCUT2D eigenvalue weighted by molar-refractivity contribution is 14.0. The van der Waals surface area contributed by atoms with Crippen molar-refractivity contribution >= 4 is 35.6 Å². The zero-order chi connectivity index (χ0) is 20.6. The summed E-state index contributed by atoms with van der Waals surface area (Å²) in [5, 5.41) is 16.9. The molecule has 0 spiro atoms. The van der Waals surface area contributed by atoms with Crippen molar-refractivity contribution in [3.8, 4) is 17.2 Å². The summed E-state index contributed by atoms with van der Waals surface area (Å²) in [6, 6.07) is 14.4. The second-order valence-electron chi connectivity index (χ2n) is 7.04. The number of rotatable bonds is 6. The van der Waals surface area contributed by atoms with Crippen molar-refractivity contribution in [3.05, 3.63) is 48.0 Å². The van der Waals surface area contributed by atoms with Gasteiger partial charge in [0.15, 0.2) is 17.5 Å². The number of guanidine groups is 1. The molecule has 1 fully saturated rings. The fourth-order valence-corrected chi connectivity index (χ4v) is 3.59. The molecule has 0 saturated carbocycles. The first-order chi connectivity index (χ1) is 14.1. The highest BCUT2D eigenvalue weighted by Gasteiger charge is 2.21. The number of benzene rings is 2. The monoisotopic (exact) mass is 526 g/mol. The molecule has 3 rings (SSSR count). The quantitative estimate of drug-likeness (QED) is 0.305. The Morgan fingerprint density at radius 3 is 2.43 bits per heavy atom. The Bertz CT molecular complexity index is 807. The summed E-state index contributed by atoms with van der Waals surface area (Å²) in [6.45, 7) is 2.54. The molecule has 0 aromatic heterocycles. The molecule has 1 unspecified atom stereocenters. The maximum atomic E-state index is 10.1. The van der Waals surface area contributed by atoms with Crippen LogP contribution in [0.2, 0.25) is 0 Å². The Kier molecular flexibility index (Phi) is 9.35. The number of ether oxygens (including phenoxy) is 2. The number of methoxy groups -OCH3 is 2. The Balaban J connectivity index is 0.00000320. The van der Waals surface area contributed by atoms with Gasteiger partial charge in [-0.2, -0.15) is 0 Å². The van der Waals surface area contributed by atoms with Crippen molar-refractivity contribution < 1.29 is 14.6 Å². The lowest BCUT2D eigenvalue weighted by atomic mass is 10.0. The van der Waals surface area contributed by atoms with E-state index in [0.29, 0.717) is 24.1 Å². The zero-order valence-electron chi connectivity index (χ0n) is 17.7. The highest BCUT2D eigenvalue weighted by Crippen LogP contribution is 2.37. The van der Waals surface area contributed by atoms with Crippen molar-refractivity contribution in [2.24, 2.45) is 4.99 Å². The first-order valence-electron chi connectivity index (χ1n) is 9.85. The lowest BCUT2D eigenvalue weighted by Gasteiger charge is -2.35. The smallest absolute Gasteiger partial charge is 0.200 e. The van der Waals surface area contributed by atoms with Gasteiger partial charge in [0.25, 0.3) is 0 Å². The van der Waals surface area contributed by atoms with E-state index in [0.717, 1.165) is 37.5 Å². The molecule has 1 atom stereocenters. The number of piperidine rings is 1. The van der Waals surface area contributed by atoms with Gasteiger partial charge in [-0.25, -0.2) is 0 Å². The van der Waals surface area contributed by atoms with E-state index in [1.807, 2.05) is 6.07 Å². The molecular formula is C22H31IN4O3. The van der Waals surface area contributed by atoms with Crippen LogP contribution in [0.1, 0.15) is 18.4 Å². The molecule has 1 heterocycles. The summed E-state index contributed by atoms with van der Waals surface area (Å²) in [7, 11) is 4.81. The van der Waals surface area contributed by atoms with E-state index in [9.17, 15) is 5.11 Å². The molecule has 8 heteroatoms. The molecule has 0 bridgehead atoms. The lowest BCUT2D eigenvalue weighted by Crippen LogP contribution is -2.51. The van der Waals surface area contributed by atoms with Crippen molar-refractivity contribution in [3.63, 3.8) is 0 Å². The molecule has 0 radical (unpaired) electrons. The summed E-state index contributed by atoms with van der Waals surface area (Å²) in [4.78, 5) is 6.77. The Morgan fingerprint density at radius 1 is 1.17 bits per heavy atom. The van der Waals surface area contributed by atoms with Crippen LogP contribution in [0.4, 0.5) is 5.69 Å². The minimum Gasteiger partial charge on any atom is -0.502 e. The number of anilines is 1. The van der Waals surface area contributed by atoms with Crippen LogP contribution < -0.4 is 25.0 Å². The largest absolute Gasteiger partial charge is 0.502 e. The van der Waals surface area contributed by atoms with Gasteiger partial charge in [-0.1, -0.05) is 18.2 Å². The first-order valence-corrected chi connectivity index (χ1v) is 9.85. The fourth-order valence-electron chi connectivity index (χ4n) is 3.59. The Labute approximate surface area is 195 Å². The van der Waals surface area contributed by atoms with Crippen LogP contribution in [0.25, 0.3) is 0 Å². The molecule has 3 N–H and O–H groups in total. The van der Waals surface area contributed by atoms with Gasteiger partial charge in [0.1, 0.15) is 0 Å². The predicted octanol–water partition coefficient (Wildman–Crippen LogP) is 3.36. The molecule has 1 saturated heterocycles. The van der Waals surface area contributed by atoms with Gasteiger partial charge >= 0.3 is 0 Å². The van der Waals surface area contributed by atoms with Gasteiger partial charge in [0.05, 0.1) is 14.2 Å². The average molecular weight is 526 g/mol. The van der Waals surface area contributed by atoms with Gasteiger partial charge in [-0.3, -0.25) is 4.99 Å². The lowest BCUT2D eigenvalue weighted by molar-refractivity contribution is 0.339. The highest BCUT2D eigenvalue weighted by atomic mass is 127. The SMILES string of the molecule is CN=C(NCc1cc(OC)c(O)c(OC)c1)NC1CCCN(c2ccccc2)C1.I. The molecule has 30 heavy (non-hydrogen) atoms. The molecule has 7 nitrogen and oxygen atoms in total. The molecule has 0 amide bonds. The molecule has 1 aliphatic rings. The van der Waals surface area contributed by atoms with Crippen molar-refractivity contribution in [1.29, 1.82) is 0 Å². The summed E-state index contributed by atoms with van der Waals surface area (Å²) >= 11 is 0. The average Bonchev–Trinajstić information content (AvgIpc) is 2.78. The van der Waals surface area contributed by atoms with Gasteiger partial charge in [0, 0.05) is 38.4 Å². The van der Waals surface area contributed by atoms with E-state index in [2.05, 4.69) is 44.8 Å². The van der Waals surface area contributed by atoms with Gasteiger partial charge in [-0.15, -0.1) is 24.0 Å². The summed E-state index contributed by atoms with van der Waals surface area (Å²) < 4.78 is 10.5. The van der Waals surface area contributed by atoms with Crippen LogP contribution in [-0.4, -0.2) is 51.5 Å². The van der Waals surface area contributed by atoms with Crippen LogP contribution in [0, 0.1) is 0 Å². The van der Waals surface area contributed by atoms with E-state index < -0.39 is 0 Å². The van der Waals surface area contributed by atoms with Crippen LogP contribution in [0.15, 0.2) is 47.5 Å². The summed E-state index contributed by atoms with van der Waals surface area (Å²) in [6.07, 6.45) is 2.24. The minimum atomic E-state index is 0. The van der Waals surface area contributed by atoms with Gasteiger partial charge in [-0.05, 0) is 42.7 Å². The maximum Gasteiger partial charge on any atom is 0.200 e. The van der Waals surface area contributed by atoms with Crippen molar-refractivity contribution in [1.82, 2.24) is 10.6 Å². The number of nitrogens with zero attached hydrogens (tertiary/aromatic N) is 2.